The monoisotopic (exact) mass is 462 g/mol. The van der Waals surface area contributed by atoms with Crippen LogP contribution in [0.1, 0.15) is 35.2 Å². The van der Waals surface area contributed by atoms with Crippen LogP contribution in [0.5, 0.6) is 0 Å². The first-order chi connectivity index (χ1) is 13.2. The zero-order valence-corrected chi connectivity index (χ0v) is 17.9. The van der Waals surface area contributed by atoms with Crippen LogP contribution in [0.3, 0.4) is 0 Å². The third-order valence-electron chi connectivity index (χ3n) is 4.66. The predicted octanol–water partition coefficient (Wildman–Crippen LogP) is 3.33. The number of hydrogen-bond donors (Lipinski definition) is 0. The Labute approximate surface area is 176 Å². The molecule has 0 spiro atoms. The lowest BCUT2D eigenvalue weighted by Crippen LogP contribution is -2.18. The summed E-state index contributed by atoms with van der Waals surface area (Å²) in [4.78, 5) is 36.4. The average molecular weight is 463 g/mol. The van der Waals surface area contributed by atoms with Crippen LogP contribution in [0.2, 0.25) is 5.02 Å². The van der Waals surface area contributed by atoms with Crippen molar-refractivity contribution in [3.05, 3.63) is 38.9 Å². The Morgan fingerprint density at radius 1 is 1.25 bits per heavy atom. The number of ether oxygens (including phenoxy) is 1. The van der Waals surface area contributed by atoms with E-state index in [-0.39, 0.29) is 50.5 Å². The number of halogens is 2. The van der Waals surface area contributed by atoms with Gasteiger partial charge in [-0.15, -0.1) is 11.8 Å². The van der Waals surface area contributed by atoms with Crippen LogP contribution < -0.4 is 0 Å². The first-order valence-corrected chi connectivity index (χ1v) is 11.7. The van der Waals surface area contributed by atoms with Gasteiger partial charge in [0.1, 0.15) is 4.58 Å². The van der Waals surface area contributed by atoms with Crippen LogP contribution in [0.25, 0.3) is 0 Å². The van der Waals surface area contributed by atoms with Gasteiger partial charge >= 0.3 is 5.97 Å². The number of carbonyl (C=O) groups excluding carboxylic acids is 3. The maximum absolute atomic E-state index is 12.9. The van der Waals surface area contributed by atoms with E-state index in [1.54, 1.807) is 0 Å². The molecule has 0 N–H and O–H groups in total. The average Bonchev–Trinajstić information content (AvgIpc) is 2.91. The minimum atomic E-state index is -3.71. The molecule has 1 heterocycles. The van der Waals surface area contributed by atoms with Crippen molar-refractivity contribution < 1.29 is 27.5 Å². The number of Topliss-reactive ketones (excluding diaryl/α,β-unsaturated/α-hetero) is 2. The van der Waals surface area contributed by atoms with Crippen molar-refractivity contribution in [1.82, 2.24) is 0 Å². The number of allylic oxidation sites excluding steroid dienone is 2. The number of ketones is 2. The fourth-order valence-electron chi connectivity index (χ4n) is 3.21. The SMILES string of the molecule is COC(=O)CSC1Cc2c(ccc(C(=O)C3=C(Cl)CCCC3=O)c2Cl)S1(=O)=O. The van der Waals surface area contributed by atoms with E-state index in [0.717, 1.165) is 11.8 Å². The maximum atomic E-state index is 12.9. The predicted molar refractivity (Wildman–Crippen MR) is 107 cm³/mol. The molecule has 28 heavy (non-hydrogen) atoms. The topological polar surface area (TPSA) is 94.6 Å². The summed E-state index contributed by atoms with van der Waals surface area (Å²) in [5, 5.41) is 0.208. The molecule has 1 aromatic rings. The Morgan fingerprint density at radius 2 is 1.96 bits per heavy atom. The zero-order valence-electron chi connectivity index (χ0n) is 14.8. The highest BCUT2D eigenvalue weighted by Gasteiger charge is 2.40. The van der Waals surface area contributed by atoms with E-state index in [2.05, 4.69) is 4.74 Å². The van der Waals surface area contributed by atoms with Gasteiger partial charge in [-0.3, -0.25) is 14.4 Å². The Morgan fingerprint density at radius 3 is 2.61 bits per heavy atom. The van der Waals surface area contributed by atoms with Crippen molar-refractivity contribution in [1.29, 1.82) is 0 Å². The quantitative estimate of drug-likeness (QED) is 0.376. The van der Waals surface area contributed by atoms with Crippen molar-refractivity contribution in [2.75, 3.05) is 12.9 Å². The minimum Gasteiger partial charge on any atom is -0.468 e. The summed E-state index contributed by atoms with van der Waals surface area (Å²) >= 11 is 13.4. The number of carbonyl (C=O) groups is 3. The second-order valence-corrected chi connectivity index (χ2v) is 10.8. The van der Waals surface area contributed by atoms with Gasteiger partial charge in [-0.1, -0.05) is 23.2 Å². The van der Waals surface area contributed by atoms with Gasteiger partial charge < -0.3 is 4.74 Å². The van der Waals surface area contributed by atoms with E-state index in [1.807, 2.05) is 0 Å². The lowest BCUT2D eigenvalue weighted by molar-refractivity contribution is -0.137. The summed E-state index contributed by atoms with van der Waals surface area (Å²) in [6.07, 6.45) is 1.32. The molecule has 0 saturated carbocycles. The summed E-state index contributed by atoms with van der Waals surface area (Å²) in [7, 11) is -2.48. The second kappa shape index (κ2) is 8.18. The molecule has 2 aliphatic rings. The van der Waals surface area contributed by atoms with Crippen LogP contribution in [0.4, 0.5) is 0 Å². The molecule has 1 atom stereocenters. The standard InChI is InChI=1S/C18H16Cl2O6S2/c1-26-14(22)8-27-15-7-10-13(28(15,24)25)6-5-9(17(10)20)18(23)16-11(19)3-2-4-12(16)21/h5-6,15H,2-4,7-8H2,1H3. The molecular weight excluding hydrogens is 447 g/mol. The van der Waals surface area contributed by atoms with Crippen molar-refractivity contribution >= 4 is 62.3 Å². The van der Waals surface area contributed by atoms with Crippen molar-refractivity contribution in [2.24, 2.45) is 0 Å². The van der Waals surface area contributed by atoms with Crippen molar-refractivity contribution in [3.63, 3.8) is 0 Å². The van der Waals surface area contributed by atoms with E-state index >= 15 is 0 Å². The molecule has 0 fully saturated rings. The van der Waals surface area contributed by atoms with Crippen LogP contribution in [-0.4, -0.2) is 43.4 Å². The molecule has 1 unspecified atom stereocenters. The maximum Gasteiger partial charge on any atom is 0.315 e. The first kappa shape index (κ1) is 21.4. The number of fused-ring (bicyclic) bond motifs is 1. The molecular formula is C18H16Cl2O6S2. The largest absolute Gasteiger partial charge is 0.468 e. The molecule has 0 aromatic heterocycles. The highest BCUT2D eigenvalue weighted by molar-refractivity contribution is 8.14. The lowest BCUT2D eigenvalue weighted by Gasteiger charge is -2.15. The normalized spacial score (nSPS) is 20.8. The van der Waals surface area contributed by atoms with Crippen LogP contribution in [0, 0.1) is 0 Å². The van der Waals surface area contributed by atoms with Crippen LogP contribution >= 0.6 is 35.0 Å². The zero-order chi connectivity index (χ0) is 20.6. The van der Waals surface area contributed by atoms with Crippen LogP contribution in [0.15, 0.2) is 27.6 Å². The van der Waals surface area contributed by atoms with Gasteiger partial charge in [-0.2, -0.15) is 0 Å². The molecule has 0 radical (unpaired) electrons. The fourth-order valence-corrected chi connectivity index (χ4v) is 7.33. The van der Waals surface area contributed by atoms with Gasteiger partial charge in [0.15, 0.2) is 21.4 Å². The summed E-state index contributed by atoms with van der Waals surface area (Å²) in [6.45, 7) is 0. The van der Waals surface area contributed by atoms with Gasteiger partial charge in [0, 0.05) is 23.4 Å². The van der Waals surface area contributed by atoms with Crippen molar-refractivity contribution in [2.45, 2.75) is 35.2 Å². The minimum absolute atomic E-state index is 0.00239. The number of hydrogen-bond acceptors (Lipinski definition) is 7. The first-order valence-electron chi connectivity index (χ1n) is 8.38. The number of sulfone groups is 1. The molecule has 1 aliphatic heterocycles. The molecule has 1 aromatic carbocycles. The Hall–Kier alpha value is -1.35. The smallest absolute Gasteiger partial charge is 0.315 e. The number of esters is 1. The van der Waals surface area contributed by atoms with E-state index in [1.165, 1.54) is 19.2 Å². The molecule has 0 saturated heterocycles. The molecule has 10 heteroatoms. The number of benzene rings is 1. The summed E-state index contributed by atoms with van der Waals surface area (Å²) < 4.78 is 29.1. The molecule has 150 valence electrons. The van der Waals surface area contributed by atoms with Gasteiger partial charge in [0.25, 0.3) is 0 Å². The van der Waals surface area contributed by atoms with Gasteiger partial charge in [-0.25, -0.2) is 8.42 Å². The number of methoxy groups -OCH3 is 1. The lowest BCUT2D eigenvalue weighted by atomic mass is 9.91. The van der Waals surface area contributed by atoms with Gasteiger partial charge in [0.05, 0.1) is 28.4 Å². The summed E-state index contributed by atoms with van der Waals surface area (Å²) in [5.41, 5.74) is 0.291. The van der Waals surface area contributed by atoms with E-state index in [9.17, 15) is 22.8 Å². The number of rotatable bonds is 5. The third-order valence-corrected chi connectivity index (χ3v) is 9.43. The molecule has 6 nitrogen and oxygen atoms in total. The fraction of sp³-hybridized carbons (Fsp3) is 0.389. The highest BCUT2D eigenvalue weighted by atomic mass is 35.5. The molecule has 3 rings (SSSR count). The Balaban J connectivity index is 1.96. The van der Waals surface area contributed by atoms with E-state index in [0.29, 0.717) is 18.4 Å². The molecule has 1 aliphatic carbocycles. The van der Waals surface area contributed by atoms with Crippen LogP contribution in [-0.2, 0) is 30.6 Å². The van der Waals surface area contributed by atoms with Crippen molar-refractivity contribution in [3.8, 4) is 0 Å². The van der Waals surface area contributed by atoms with Gasteiger partial charge in [0.2, 0.25) is 0 Å². The highest BCUT2D eigenvalue weighted by Crippen LogP contribution is 2.42. The van der Waals surface area contributed by atoms with Gasteiger partial charge in [-0.05, 0) is 30.5 Å². The van der Waals surface area contributed by atoms with E-state index < -0.39 is 26.2 Å². The molecule has 0 bridgehead atoms. The number of thioether (sulfide) groups is 1. The summed E-state index contributed by atoms with van der Waals surface area (Å²) in [6, 6.07) is 2.64. The Kier molecular flexibility index (Phi) is 6.24. The Bertz CT molecular complexity index is 1010. The molecule has 0 amide bonds. The van der Waals surface area contributed by atoms with E-state index in [4.69, 9.17) is 23.2 Å². The summed E-state index contributed by atoms with van der Waals surface area (Å²) in [5.74, 6) is -1.58. The second-order valence-electron chi connectivity index (χ2n) is 6.36. The third kappa shape index (κ3) is 3.75.